The third-order valence-corrected chi connectivity index (χ3v) is 2.83. The highest BCUT2D eigenvalue weighted by atomic mass is 35.5. The van der Waals surface area contributed by atoms with E-state index in [0.29, 0.717) is 18.0 Å². The lowest BCUT2D eigenvalue weighted by atomic mass is 10.1. The van der Waals surface area contributed by atoms with Crippen LogP contribution >= 0.6 is 11.6 Å². The number of aliphatic hydroxyl groups is 1. The van der Waals surface area contributed by atoms with Gasteiger partial charge in [-0.1, -0.05) is 23.7 Å². The highest BCUT2D eigenvalue weighted by Gasteiger charge is 2.10. The van der Waals surface area contributed by atoms with Crippen molar-refractivity contribution in [2.75, 3.05) is 0 Å². The second-order valence-corrected chi connectivity index (χ2v) is 4.28. The van der Waals surface area contributed by atoms with Gasteiger partial charge < -0.3 is 5.11 Å². The molecule has 4 nitrogen and oxygen atoms in total. The molecule has 1 aromatic heterocycles. The molecule has 0 spiro atoms. The van der Waals surface area contributed by atoms with Gasteiger partial charge in [0.1, 0.15) is 0 Å². The summed E-state index contributed by atoms with van der Waals surface area (Å²) in [5.41, 5.74) is 2.38. The van der Waals surface area contributed by atoms with Gasteiger partial charge in [-0.05, 0) is 12.1 Å². The summed E-state index contributed by atoms with van der Waals surface area (Å²) >= 11 is 5.84. The fraction of sp³-hybridized carbons (Fsp3) is 0.231. The molecule has 0 unspecified atom stereocenters. The molecule has 1 heterocycles. The van der Waals surface area contributed by atoms with Gasteiger partial charge in [-0.25, -0.2) is 0 Å². The molecule has 0 saturated carbocycles. The topological polar surface area (TPSA) is 61.8 Å². The SMILES string of the molecule is N#CCCn1cc(CO)c(-c2ccc(Cl)cc2)n1. The zero-order chi connectivity index (χ0) is 13.0. The second-order valence-electron chi connectivity index (χ2n) is 3.84. The first-order valence-corrected chi connectivity index (χ1v) is 5.92. The van der Waals surface area contributed by atoms with Crippen LogP contribution in [0.1, 0.15) is 12.0 Å². The van der Waals surface area contributed by atoms with Crippen LogP contribution in [-0.4, -0.2) is 14.9 Å². The number of aryl methyl sites for hydroxylation is 1. The number of rotatable bonds is 4. The molecule has 0 radical (unpaired) electrons. The molecule has 0 bridgehead atoms. The standard InChI is InChI=1S/C13H12ClN3O/c14-12-4-2-10(3-5-12)13-11(9-18)8-17(16-13)7-1-6-15/h2-5,8,18H,1,7,9H2. The summed E-state index contributed by atoms with van der Waals surface area (Å²) in [5, 5.41) is 22.9. The smallest absolute Gasteiger partial charge is 0.0978 e. The average Bonchev–Trinajstić information content (AvgIpc) is 2.80. The van der Waals surface area contributed by atoms with Gasteiger partial charge in [0, 0.05) is 22.3 Å². The van der Waals surface area contributed by atoms with E-state index in [-0.39, 0.29) is 6.61 Å². The summed E-state index contributed by atoms with van der Waals surface area (Å²) in [5.74, 6) is 0. The second kappa shape index (κ2) is 5.67. The molecule has 0 aliphatic carbocycles. The molecule has 1 N–H and O–H groups in total. The lowest BCUT2D eigenvalue weighted by Crippen LogP contribution is -1.97. The monoisotopic (exact) mass is 261 g/mol. The Morgan fingerprint density at radius 2 is 2.06 bits per heavy atom. The zero-order valence-corrected chi connectivity index (χ0v) is 10.4. The van der Waals surface area contributed by atoms with Crippen molar-refractivity contribution in [2.24, 2.45) is 0 Å². The van der Waals surface area contributed by atoms with Crippen LogP contribution in [0.4, 0.5) is 0 Å². The molecule has 0 fully saturated rings. The van der Waals surface area contributed by atoms with Crippen molar-refractivity contribution in [1.82, 2.24) is 9.78 Å². The van der Waals surface area contributed by atoms with Crippen LogP contribution in [0.5, 0.6) is 0 Å². The first-order chi connectivity index (χ1) is 8.74. The van der Waals surface area contributed by atoms with E-state index in [1.807, 2.05) is 12.1 Å². The molecule has 0 amide bonds. The van der Waals surface area contributed by atoms with Crippen molar-refractivity contribution in [3.05, 3.63) is 41.0 Å². The summed E-state index contributed by atoms with van der Waals surface area (Å²) in [7, 11) is 0. The van der Waals surface area contributed by atoms with Crippen molar-refractivity contribution in [3.63, 3.8) is 0 Å². The Bertz CT molecular complexity index is 569. The molecular weight excluding hydrogens is 250 g/mol. The van der Waals surface area contributed by atoms with Gasteiger partial charge in [-0.2, -0.15) is 10.4 Å². The lowest BCUT2D eigenvalue weighted by molar-refractivity contribution is 0.282. The summed E-state index contributed by atoms with van der Waals surface area (Å²) in [6, 6.07) is 9.36. The minimum Gasteiger partial charge on any atom is -0.392 e. The van der Waals surface area contributed by atoms with E-state index in [4.69, 9.17) is 16.9 Å². The van der Waals surface area contributed by atoms with Crippen molar-refractivity contribution in [1.29, 1.82) is 5.26 Å². The molecule has 0 saturated heterocycles. The van der Waals surface area contributed by atoms with Gasteiger partial charge in [0.2, 0.25) is 0 Å². The minimum absolute atomic E-state index is 0.0789. The van der Waals surface area contributed by atoms with Crippen LogP contribution in [0, 0.1) is 11.3 Å². The highest BCUT2D eigenvalue weighted by Crippen LogP contribution is 2.23. The molecule has 0 atom stereocenters. The maximum absolute atomic E-state index is 9.33. The number of benzene rings is 1. The third-order valence-electron chi connectivity index (χ3n) is 2.58. The fourth-order valence-corrected chi connectivity index (χ4v) is 1.83. The average molecular weight is 262 g/mol. The summed E-state index contributed by atoms with van der Waals surface area (Å²) < 4.78 is 1.68. The molecule has 0 aliphatic heterocycles. The highest BCUT2D eigenvalue weighted by molar-refractivity contribution is 6.30. The molecular formula is C13H12ClN3O. The van der Waals surface area contributed by atoms with Crippen molar-refractivity contribution in [2.45, 2.75) is 19.6 Å². The summed E-state index contributed by atoms with van der Waals surface area (Å²) in [6.45, 7) is 0.446. The number of halogens is 1. The summed E-state index contributed by atoms with van der Waals surface area (Å²) in [6.07, 6.45) is 2.16. The van der Waals surface area contributed by atoms with Gasteiger partial charge in [0.05, 0.1) is 31.3 Å². The molecule has 1 aromatic carbocycles. The Balaban J connectivity index is 2.34. The van der Waals surface area contributed by atoms with Crippen LogP contribution in [0.25, 0.3) is 11.3 Å². The zero-order valence-electron chi connectivity index (χ0n) is 9.67. The van der Waals surface area contributed by atoms with Crippen LogP contribution in [0.2, 0.25) is 5.02 Å². The predicted molar refractivity (Wildman–Crippen MR) is 68.8 cm³/mol. The number of nitriles is 1. The van der Waals surface area contributed by atoms with Crippen LogP contribution in [0.15, 0.2) is 30.5 Å². The van der Waals surface area contributed by atoms with E-state index < -0.39 is 0 Å². The predicted octanol–water partition coefficient (Wildman–Crippen LogP) is 2.61. The molecule has 2 aromatic rings. The van der Waals surface area contributed by atoms with Crippen LogP contribution < -0.4 is 0 Å². The van der Waals surface area contributed by atoms with Crippen molar-refractivity contribution < 1.29 is 5.11 Å². The maximum Gasteiger partial charge on any atom is 0.0978 e. The number of hydrogen-bond donors (Lipinski definition) is 1. The Morgan fingerprint density at radius 1 is 1.33 bits per heavy atom. The molecule has 2 rings (SSSR count). The lowest BCUT2D eigenvalue weighted by Gasteiger charge is -1.99. The maximum atomic E-state index is 9.33. The van der Waals surface area contributed by atoms with E-state index in [1.165, 1.54) is 0 Å². The number of aliphatic hydroxyl groups excluding tert-OH is 1. The van der Waals surface area contributed by atoms with Crippen LogP contribution in [0.3, 0.4) is 0 Å². The molecule has 5 heteroatoms. The Morgan fingerprint density at radius 3 is 2.67 bits per heavy atom. The van der Waals surface area contributed by atoms with E-state index >= 15 is 0 Å². The number of aromatic nitrogens is 2. The van der Waals surface area contributed by atoms with Crippen molar-refractivity contribution in [3.8, 4) is 17.3 Å². The summed E-state index contributed by atoms with van der Waals surface area (Å²) in [4.78, 5) is 0. The van der Waals surface area contributed by atoms with Gasteiger partial charge in [-0.15, -0.1) is 0 Å². The van der Waals surface area contributed by atoms with Crippen LogP contribution in [-0.2, 0) is 13.2 Å². The molecule has 0 aliphatic rings. The number of nitrogens with zero attached hydrogens (tertiary/aromatic N) is 3. The first-order valence-electron chi connectivity index (χ1n) is 5.54. The Labute approximate surface area is 110 Å². The molecule has 92 valence electrons. The number of hydrogen-bond acceptors (Lipinski definition) is 3. The van der Waals surface area contributed by atoms with E-state index in [9.17, 15) is 5.11 Å². The fourth-order valence-electron chi connectivity index (χ4n) is 1.71. The van der Waals surface area contributed by atoms with Gasteiger partial charge >= 0.3 is 0 Å². The van der Waals surface area contributed by atoms with Gasteiger partial charge in [-0.3, -0.25) is 4.68 Å². The normalized spacial score (nSPS) is 10.3. The van der Waals surface area contributed by atoms with Crippen molar-refractivity contribution >= 4 is 11.6 Å². The molecule has 18 heavy (non-hydrogen) atoms. The largest absolute Gasteiger partial charge is 0.392 e. The first kappa shape index (κ1) is 12.6. The van der Waals surface area contributed by atoms with E-state index in [1.54, 1.807) is 23.0 Å². The van der Waals surface area contributed by atoms with Gasteiger partial charge in [0.25, 0.3) is 0 Å². The van der Waals surface area contributed by atoms with E-state index in [0.717, 1.165) is 16.8 Å². The Hall–Kier alpha value is -1.83. The van der Waals surface area contributed by atoms with E-state index in [2.05, 4.69) is 11.2 Å². The quantitative estimate of drug-likeness (QED) is 0.920. The Kier molecular flexibility index (Phi) is 3.98. The third kappa shape index (κ3) is 2.70. The minimum atomic E-state index is -0.0789. The van der Waals surface area contributed by atoms with Gasteiger partial charge in [0.15, 0.2) is 0 Å².